The molecule has 0 aliphatic rings. The molecule has 0 radical (unpaired) electrons. The first kappa shape index (κ1) is 16.1. The van der Waals surface area contributed by atoms with Crippen LogP contribution in [0.1, 0.15) is 6.92 Å². The molecule has 0 saturated heterocycles. The summed E-state index contributed by atoms with van der Waals surface area (Å²) in [6.45, 7) is 1.75. The zero-order chi connectivity index (χ0) is 16.4. The minimum absolute atomic E-state index is 0.256. The fraction of sp³-hybridized carbons (Fsp3) is 0.133. The van der Waals surface area contributed by atoms with Gasteiger partial charge in [0.05, 0.1) is 15.3 Å². The Morgan fingerprint density at radius 2 is 2.13 bits per heavy atom. The zero-order valence-electron chi connectivity index (χ0n) is 11.9. The fourth-order valence-electron chi connectivity index (χ4n) is 1.83. The predicted molar refractivity (Wildman–Crippen MR) is 92.2 cm³/mol. The molecular formula is C15H11Cl2N3O2S. The number of pyridine rings is 1. The van der Waals surface area contributed by atoms with Crippen LogP contribution in [0.2, 0.25) is 10.0 Å². The quantitative estimate of drug-likeness (QED) is 0.679. The minimum atomic E-state index is -0.434. The summed E-state index contributed by atoms with van der Waals surface area (Å²) in [4.78, 5) is 20.6. The Morgan fingerprint density at radius 3 is 2.87 bits per heavy atom. The van der Waals surface area contributed by atoms with Crippen molar-refractivity contribution in [1.29, 1.82) is 0 Å². The van der Waals surface area contributed by atoms with E-state index in [0.29, 0.717) is 15.8 Å². The molecule has 0 fully saturated rings. The molecule has 2 heterocycles. The molecule has 1 atom stereocenters. The molecule has 3 aromatic rings. The van der Waals surface area contributed by atoms with Crippen molar-refractivity contribution in [1.82, 2.24) is 9.97 Å². The van der Waals surface area contributed by atoms with Gasteiger partial charge in [0.15, 0.2) is 11.4 Å². The molecule has 3 rings (SSSR count). The first-order chi connectivity index (χ1) is 11.0. The van der Waals surface area contributed by atoms with Gasteiger partial charge in [-0.05, 0) is 25.1 Å². The number of thioether (sulfide) groups is 1. The Labute approximate surface area is 146 Å². The summed E-state index contributed by atoms with van der Waals surface area (Å²) in [5.74, 6) is 0.0139. The van der Waals surface area contributed by atoms with Crippen molar-refractivity contribution in [3.63, 3.8) is 0 Å². The van der Waals surface area contributed by atoms with Crippen LogP contribution in [0, 0.1) is 0 Å². The largest absolute Gasteiger partial charge is 0.431 e. The number of aromatic nitrogens is 2. The average Bonchev–Trinajstić information content (AvgIpc) is 2.92. The number of nitrogens with one attached hydrogen (secondary N) is 1. The van der Waals surface area contributed by atoms with Crippen molar-refractivity contribution in [2.75, 3.05) is 5.32 Å². The first-order valence-corrected chi connectivity index (χ1v) is 8.30. The second kappa shape index (κ2) is 6.78. The van der Waals surface area contributed by atoms with Gasteiger partial charge in [-0.3, -0.25) is 4.79 Å². The Hall–Kier alpha value is -1.76. The second-order valence-corrected chi connectivity index (χ2v) is 6.82. The molecule has 8 heteroatoms. The Morgan fingerprint density at radius 1 is 1.35 bits per heavy atom. The van der Waals surface area contributed by atoms with E-state index in [2.05, 4.69) is 15.3 Å². The molecule has 0 unspecified atom stereocenters. The minimum Gasteiger partial charge on any atom is -0.431 e. The number of amides is 1. The van der Waals surface area contributed by atoms with Crippen molar-refractivity contribution in [2.45, 2.75) is 17.4 Å². The van der Waals surface area contributed by atoms with E-state index in [0.717, 1.165) is 5.52 Å². The molecule has 0 aliphatic carbocycles. The van der Waals surface area contributed by atoms with E-state index in [1.807, 2.05) is 24.3 Å². The van der Waals surface area contributed by atoms with Gasteiger partial charge in [0.2, 0.25) is 5.91 Å². The fourth-order valence-corrected chi connectivity index (χ4v) is 3.02. The number of fused-ring (bicyclic) bond motifs is 1. The van der Waals surface area contributed by atoms with Crippen LogP contribution in [-0.2, 0) is 4.79 Å². The standard InChI is InChI=1S/C15H11Cl2N3O2S/c1-8(14(21)20-13-10(17)6-9(16)7-18-13)23-15-19-11-4-2-3-5-12(11)22-15/h2-8H,1H3,(H,18,20,21)/t8-/m0/s1. The SMILES string of the molecule is C[C@H](Sc1nc2ccccc2o1)C(=O)Nc1ncc(Cl)cc1Cl. The number of carbonyl (C=O) groups is 1. The number of carbonyl (C=O) groups excluding carboxylic acids is 1. The van der Waals surface area contributed by atoms with E-state index in [4.69, 9.17) is 27.6 Å². The van der Waals surface area contributed by atoms with E-state index in [1.165, 1.54) is 24.0 Å². The van der Waals surface area contributed by atoms with Gasteiger partial charge in [-0.2, -0.15) is 0 Å². The van der Waals surface area contributed by atoms with Gasteiger partial charge in [-0.1, -0.05) is 47.1 Å². The summed E-state index contributed by atoms with van der Waals surface area (Å²) in [7, 11) is 0. The van der Waals surface area contributed by atoms with Crippen molar-refractivity contribution >= 4 is 57.8 Å². The van der Waals surface area contributed by atoms with Crippen molar-refractivity contribution < 1.29 is 9.21 Å². The third-order valence-corrected chi connectivity index (χ3v) is 4.41. The molecule has 1 N–H and O–H groups in total. The molecule has 0 spiro atoms. The monoisotopic (exact) mass is 367 g/mol. The molecule has 0 saturated carbocycles. The lowest BCUT2D eigenvalue weighted by molar-refractivity contribution is -0.115. The molecule has 1 amide bonds. The molecule has 1 aromatic carbocycles. The number of hydrogen-bond donors (Lipinski definition) is 1. The van der Waals surface area contributed by atoms with Crippen LogP contribution in [0.25, 0.3) is 11.1 Å². The molecule has 23 heavy (non-hydrogen) atoms. The topological polar surface area (TPSA) is 68.0 Å². The maximum absolute atomic E-state index is 12.2. The van der Waals surface area contributed by atoms with Crippen molar-refractivity contribution in [2.24, 2.45) is 0 Å². The number of benzene rings is 1. The third-order valence-electron chi connectivity index (χ3n) is 2.97. The summed E-state index contributed by atoms with van der Waals surface area (Å²) in [6.07, 6.45) is 1.42. The predicted octanol–water partition coefficient (Wildman–Crippen LogP) is 4.65. The van der Waals surface area contributed by atoms with E-state index in [1.54, 1.807) is 6.92 Å². The second-order valence-electron chi connectivity index (χ2n) is 4.68. The highest BCUT2D eigenvalue weighted by Crippen LogP contribution is 2.28. The number of nitrogens with zero attached hydrogens (tertiary/aromatic N) is 2. The lowest BCUT2D eigenvalue weighted by Crippen LogP contribution is -2.23. The summed E-state index contributed by atoms with van der Waals surface area (Å²) < 4.78 is 5.59. The molecule has 118 valence electrons. The van der Waals surface area contributed by atoms with Gasteiger partial charge < -0.3 is 9.73 Å². The van der Waals surface area contributed by atoms with E-state index < -0.39 is 5.25 Å². The number of rotatable bonds is 4. The summed E-state index contributed by atoms with van der Waals surface area (Å²) >= 11 is 13.0. The van der Waals surface area contributed by atoms with Gasteiger partial charge in [-0.25, -0.2) is 9.97 Å². The molecule has 0 aliphatic heterocycles. The molecule has 2 aromatic heterocycles. The highest BCUT2D eigenvalue weighted by atomic mass is 35.5. The lowest BCUT2D eigenvalue weighted by atomic mass is 10.3. The van der Waals surface area contributed by atoms with Gasteiger partial charge >= 0.3 is 0 Å². The number of hydrogen-bond acceptors (Lipinski definition) is 5. The van der Waals surface area contributed by atoms with Crippen molar-refractivity contribution in [3.8, 4) is 0 Å². The molecule has 5 nitrogen and oxygen atoms in total. The average molecular weight is 368 g/mol. The van der Waals surface area contributed by atoms with Crippen LogP contribution in [0.4, 0.5) is 5.82 Å². The van der Waals surface area contributed by atoms with E-state index in [9.17, 15) is 4.79 Å². The lowest BCUT2D eigenvalue weighted by Gasteiger charge is -2.10. The van der Waals surface area contributed by atoms with Gasteiger partial charge in [0, 0.05) is 6.20 Å². The molecule has 0 bridgehead atoms. The van der Waals surface area contributed by atoms with E-state index in [-0.39, 0.29) is 16.7 Å². The Bertz CT molecular complexity index is 836. The Balaban J connectivity index is 1.69. The maximum atomic E-state index is 12.2. The molecular weight excluding hydrogens is 357 g/mol. The summed E-state index contributed by atoms with van der Waals surface area (Å²) in [5.41, 5.74) is 1.44. The van der Waals surface area contributed by atoms with Gasteiger partial charge in [-0.15, -0.1) is 0 Å². The highest BCUT2D eigenvalue weighted by molar-refractivity contribution is 8.00. The third kappa shape index (κ3) is 3.77. The van der Waals surface area contributed by atoms with Gasteiger partial charge in [0.25, 0.3) is 5.22 Å². The van der Waals surface area contributed by atoms with Crippen LogP contribution in [0.5, 0.6) is 0 Å². The summed E-state index contributed by atoms with van der Waals surface area (Å²) in [5, 5.41) is 3.35. The van der Waals surface area contributed by atoms with Crippen LogP contribution in [-0.4, -0.2) is 21.1 Å². The van der Waals surface area contributed by atoms with Crippen molar-refractivity contribution in [3.05, 3.63) is 46.6 Å². The zero-order valence-corrected chi connectivity index (χ0v) is 14.2. The van der Waals surface area contributed by atoms with Crippen LogP contribution >= 0.6 is 35.0 Å². The number of para-hydroxylation sites is 2. The highest BCUT2D eigenvalue weighted by Gasteiger charge is 2.19. The van der Waals surface area contributed by atoms with Crippen LogP contribution < -0.4 is 5.32 Å². The number of halogens is 2. The van der Waals surface area contributed by atoms with Crippen LogP contribution in [0.15, 0.2) is 46.2 Å². The number of anilines is 1. The Kier molecular flexibility index (Phi) is 4.75. The number of oxazole rings is 1. The maximum Gasteiger partial charge on any atom is 0.257 e. The van der Waals surface area contributed by atoms with Gasteiger partial charge in [0.1, 0.15) is 5.52 Å². The van der Waals surface area contributed by atoms with Crippen LogP contribution in [0.3, 0.4) is 0 Å². The first-order valence-electron chi connectivity index (χ1n) is 6.67. The normalized spacial score (nSPS) is 12.3. The summed E-state index contributed by atoms with van der Waals surface area (Å²) in [6, 6.07) is 8.94. The van der Waals surface area contributed by atoms with E-state index >= 15 is 0 Å². The smallest absolute Gasteiger partial charge is 0.257 e.